The quantitative estimate of drug-likeness (QED) is 0.0182. The van der Waals surface area contributed by atoms with Crippen molar-refractivity contribution in [1.82, 2.24) is 42.5 Å². The Labute approximate surface area is 412 Å². The summed E-state index contributed by atoms with van der Waals surface area (Å²) in [6, 6.07) is -13.4. The summed E-state index contributed by atoms with van der Waals surface area (Å²) >= 11 is 0. The SMILES string of the molecule is CC[C@H](C)[C@H](NC(=O)[C@@H](CCCN=C(N)N)NC(=O)[C@H](CC(C)C)NC(=O)[C@@H](NC(=O)OC(C)(C)C)[C@H](O)C(C)C)C(=O)N[C@H](C(=O)N[C@H](C)C(=O)N[C@H](C(=O)N[C@@H](CO)C(=O)O)[C@H](O)C(N)=O)[C@H](C)O. The van der Waals surface area contributed by atoms with Gasteiger partial charge in [-0.25, -0.2) is 9.59 Å². The second kappa shape index (κ2) is 30.4. The minimum Gasteiger partial charge on any atom is -0.480 e. The number of nitrogens with one attached hydrogen (secondary N) is 8. The number of amides is 9. The summed E-state index contributed by atoms with van der Waals surface area (Å²) in [5, 5.41) is 68.7. The Morgan fingerprint density at radius 2 is 1.08 bits per heavy atom. The highest BCUT2D eigenvalue weighted by Gasteiger charge is 2.39. The summed E-state index contributed by atoms with van der Waals surface area (Å²) in [6.07, 6.45) is -6.27. The van der Waals surface area contributed by atoms with Gasteiger partial charge >= 0.3 is 12.1 Å². The molecule has 406 valence electrons. The van der Waals surface area contributed by atoms with Gasteiger partial charge in [-0.05, 0) is 71.6 Å². The number of guanidine groups is 1. The van der Waals surface area contributed by atoms with E-state index in [0.717, 1.165) is 13.8 Å². The number of nitrogens with two attached hydrogens (primary N) is 3. The molecule has 0 aliphatic rings. The molecule has 28 heteroatoms. The molecule has 0 radical (unpaired) electrons. The summed E-state index contributed by atoms with van der Waals surface area (Å²) in [6.45, 7) is 15.9. The van der Waals surface area contributed by atoms with E-state index in [1.54, 1.807) is 62.3 Å². The zero-order chi connectivity index (χ0) is 55.2. The molecule has 0 aromatic rings. The van der Waals surface area contributed by atoms with Crippen molar-refractivity contribution in [1.29, 1.82) is 0 Å². The Morgan fingerprint density at radius 3 is 1.55 bits per heavy atom. The Balaban J connectivity index is 6.67. The molecule has 19 N–H and O–H groups in total. The van der Waals surface area contributed by atoms with Crippen LogP contribution in [-0.2, 0) is 47.9 Å². The first-order chi connectivity index (χ1) is 32.7. The summed E-state index contributed by atoms with van der Waals surface area (Å²) in [5.74, 6) is -12.5. The van der Waals surface area contributed by atoms with Gasteiger partial charge in [0.15, 0.2) is 12.1 Å². The molecule has 0 bridgehead atoms. The Hall–Kier alpha value is -6.39. The number of carboxylic acids is 1. The minimum absolute atomic E-state index is 0.00459. The van der Waals surface area contributed by atoms with Crippen LogP contribution in [-0.4, -0.2) is 176 Å². The van der Waals surface area contributed by atoms with Crippen LogP contribution >= 0.6 is 0 Å². The smallest absolute Gasteiger partial charge is 0.408 e. The lowest BCUT2D eigenvalue weighted by Crippen LogP contribution is -2.63. The van der Waals surface area contributed by atoms with E-state index in [0.29, 0.717) is 0 Å². The molecule has 0 heterocycles. The molecule has 0 aliphatic carbocycles. The number of aliphatic carboxylic acids is 1. The van der Waals surface area contributed by atoms with Gasteiger partial charge in [-0.3, -0.25) is 43.3 Å². The maximum Gasteiger partial charge on any atom is 0.408 e. The van der Waals surface area contributed by atoms with Crippen molar-refractivity contribution in [2.24, 2.45) is 39.9 Å². The molecule has 71 heavy (non-hydrogen) atoms. The number of alkyl carbamates (subject to hydrolysis) is 1. The number of carbonyl (C=O) groups is 10. The molecule has 0 saturated heterocycles. The van der Waals surface area contributed by atoms with Crippen LogP contribution in [0.5, 0.6) is 0 Å². The number of hydrogen-bond acceptors (Lipinski definition) is 16. The number of carboxylic acid groups (broad SMARTS) is 1. The fourth-order valence-electron chi connectivity index (χ4n) is 6.28. The van der Waals surface area contributed by atoms with Crippen molar-refractivity contribution in [3.05, 3.63) is 0 Å². The molecular formula is C43H78N12O16. The maximum atomic E-state index is 14.2. The molecule has 0 fully saturated rings. The summed E-state index contributed by atoms with van der Waals surface area (Å²) in [7, 11) is 0. The molecule has 0 unspecified atom stereocenters. The van der Waals surface area contributed by atoms with Gasteiger partial charge in [-0.2, -0.15) is 0 Å². The molecular weight excluding hydrogens is 941 g/mol. The number of aliphatic hydroxyl groups is 4. The third-order valence-electron chi connectivity index (χ3n) is 10.5. The molecule has 0 saturated carbocycles. The number of rotatable bonds is 30. The lowest BCUT2D eigenvalue weighted by Gasteiger charge is -2.31. The van der Waals surface area contributed by atoms with Crippen molar-refractivity contribution in [2.75, 3.05) is 13.2 Å². The number of aliphatic hydroxyl groups excluding tert-OH is 4. The summed E-state index contributed by atoms with van der Waals surface area (Å²) in [5.41, 5.74) is 15.1. The zero-order valence-electron chi connectivity index (χ0n) is 42.2. The first kappa shape index (κ1) is 64.6. The highest BCUT2D eigenvalue weighted by molar-refractivity contribution is 5.99. The Bertz CT molecular complexity index is 1870. The molecule has 0 aliphatic heterocycles. The van der Waals surface area contributed by atoms with Crippen LogP contribution in [0.15, 0.2) is 4.99 Å². The highest BCUT2D eigenvalue weighted by Crippen LogP contribution is 2.15. The fourth-order valence-corrected chi connectivity index (χ4v) is 6.28. The monoisotopic (exact) mass is 1020 g/mol. The molecule has 0 spiro atoms. The van der Waals surface area contributed by atoms with E-state index in [1.165, 1.54) is 0 Å². The van der Waals surface area contributed by atoms with Gasteiger partial charge in [0.25, 0.3) is 0 Å². The summed E-state index contributed by atoms with van der Waals surface area (Å²) < 4.78 is 5.28. The average Bonchev–Trinajstić information content (AvgIpc) is 3.25. The average molecular weight is 1020 g/mol. The van der Waals surface area contributed by atoms with Gasteiger partial charge in [0.05, 0.1) is 18.8 Å². The van der Waals surface area contributed by atoms with Crippen LogP contribution in [0.3, 0.4) is 0 Å². The van der Waals surface area contributed by atoms with Gasteiger partial charge < -0.3 is 90.0 Å². The van der Waals surface area contributed by atoms with E-state index in [-0.39, 0.29) is 44.1 Å². The van der Waals surface area contributed by atoms with Crippen LogP contribution in [0.1, 0.15) is 102 Å². The maximum absolute atomic E-state index is 14.2. The van der Waals surface area contributed by atoms with Crippen molar-refractivity contribution in [3.8, 4) is 0 Å². The topological polar surface area (TPSA) is 468 Å². The largest absolute Gasteiger partial charge is 0.480 e. The third-order valence-corrected chi connectivity index (χ3v) is 10.5. The second-order valence-electron chi connectivity index (χ2n) is 18.8. The van der Waals surface area contributed by atoms with E-state index < -0.39 is 150 Å². The van der Waals surface area contributed by atoms with Gasteiger partial charge in [0.1, 0.15) is 53.9 Å². The summed E-state index contributed by atoms with van der Waals surface area (Å²) in [4.78, 5) is 135. The van der Waals surface area contributed by atoms with Crippen molar-refractivity contribution in [3.63, 3.8) is 0 Å². The third kappa shape index (κ3) is 23.4. The first-order valence-electron chi connectivity index (χ1n) is 23.0. The van der Waals surface area contributed by atoms with Gasteiger partial charge in [0, 0.05) is 6.54 Å². The fraction of sp³-hybridized carbons (Fsp3) is 0.744. The zero-order valence-corrected chi connectivity index (χ0v) is 42.2. The van der Waals surface area contributed by atoms with Crippen molar-refractivity contribution < 1.29 is 78.2 Å². The number of nitrogens with zero attached hydrogens (tertiary/aromatic N) is 1. The molecule has 0 aromatic heterocycles. The molecule has 9 amide bonds. The van der Waals surface area contributed by atoms with Crippen LogP contribution in [0.4, 0.5) is 4.79 Å². The normalized spacial score (nSPS) is 16.5. The first-order valence-corrected chi connectivity index (χ1v) is 23.0. The van der Waals surface area contributed by atoms with Crippen LogP contribution < -0.4 is 59.7 Å². The number of primary amides is 1. The number of ether oxygens (including phenoxy) is 1. The van der Waals surface area contributed by atoms with Crippen LogP contribution in [0, 0.1) is 17.8 Å². The number of hydrogen-bond donors (Lipinski definition) is 16. The molecule has 0 aromatic carbocycles. The van der Waals surface area contributed by atoms with Crippen LogP contribution in [0.2, 0.25) is 0 Å². The van der Waals surface area contributed by atoms with Gasteiger partial charge in [0.2, 0.25) is 47.3 Å². The van der Waals surface area contributed by atoms with Gasteiger partial charge in [-0.15, -0.1) is 0 Å². The molecule has 28 nitrogen and oxygen atoms in total. The van der Waals surface area contributed by atoms with E-state index in [1.807, 2.05) is 10.6 Å². The van der Waals surface area contributed by atoms with Crippen molar-refractivity contribution >= 4 is 65.3 Å². The lowest BCUT2D eigenvalue weighted by atomic mass is 9.96. The minimum atomic E-state index is -2.42. The molecule has 12 atom stereocenters. The van der Waals surface area contributed by atoms with E-state index in [4.69, 9.17) is 27.0 Å². The number of carbonyl (C=O) groups excluding carboxylic acids is 9. The second-order valence-corrected chi connectivity index (χ2v) is 18.8. The van der Waals surface area contributed by atoms with E-state index in [2.05, 4.69) is 36.9 Å². The standard InChI is InChI=1S/C43H78N12O16/c1-12-20(6)26(36(64)53-27(22(8)57)37(65)48-21(7)33(61)54-29(31(59)32(44)60)39(67)51-25(17-56)40(68)69)52-34(62)23(14-13-15-47-41(45)46)49-35(63)24(16-18(2)3)50-38(66)28(30(58)19(4)5)55-42(70)71-43(9,10)11/h18-31,56-59H,12-17H2,1-11H3,(H2,44,60)(H,48,65)(H,49,63)(H,50,66)(H,51,67)(H,52,62)(H,53,64)(H,54,61)(H,55,70)(H,68,69)(H4,45,46,47)/t20-,21+,22-,23+,24-,25-,26-,27-,28-,29-,30+,31-/m0/s1. The Morgan fingerprint density at radius 1 is 0.606 bits per heavy atom. The predicted molar refractivity (Wildman–Crippen MR) is 254 cm³/mol. The molecule has 0 rings (SSSR count). The predicted octanol–water partition coefficient (Wildman–Crippen LogP) is -5.24. The number of aliphatic imine (C=N–C) groups is 1. The van der Waals surface area contributed by atoms with Crippen LogP contribution in [0.25, 0.3) is 0 Å². The van der Waals surface area contributed by atoms with E-state index in [9.17, 15) is 68.4 Å². The van der Waals surface area contributed by atoms with E-state index >= 15 is 0 Å². The Kier molecular flexibility index (Phi) is 27.6. The van der Waals surface area contributed by atoms with Gasteiger partial charge in [-0.1, -0.05) is 48.0 Å². The van der Waals surface area contributed by atoms with Crippen molar-refractivity contribution in [2.45, 2.75) is 174 Å². The highest BCUT2D eigenvalue weighted by atomic mass is 16.6. The lowest BCUT2D eigenvalue weighted by molar-refractivity contribution is -0.145.